The molecule has 0 heterocycles. The van der Waals surface area contributed by atoms with E-state index in [9.17, 15) is 4.79 Å². The van der Waals surface area contributed by atoms with E-state index in [1.807, 2.05) is 6.92 Å². The molecule has 0 fully saturated rings. The van der Waals surface area contributed by atoms with E-state index in [-0.39, 0.29) is 0 Å². The van der Waals surface area contributed by atoms with E-state index in [1.54, 1.807) is 20.1 Å². The predicted octanol–water partition coefficient (Wildman–Crippen LogP) is 0.946. The number of allylic oxidation sites excluding steroid dienone is 1. The first kappa shape index (κ1) is 11.4. The monoisotopic (exact) mass is 188 g/mol. The molecule has 1 unspecified atom stereocenters. The highest BCUT2D eigenvalue weighted by molar-refractivity contribution is 6.30. The minimum absolute atomic E-state index is 0.353. The molecule has 0 saturated heterocycles. The minimum atomic E-state index is -0.835. The van der Waals surface area contributed by atoms with Gasteiger partial charge in [-0.05, 0) is 12.5 Å². The van der Waals surface area contributed by atoms with Gasteiger partial charge in [-0.15, -0.1) is 0 Å². The van der Waals surface area contributed by atoms with Crippen molar-refractivity contribution in [1.82, 2.24) is 0 Å². The molecule has 0 aromatic carbocycles. The first-order valence-corrected chi connectivity index (χ1v) is 5.41. The highest BCUT2D eigenvalue weighted by Gasteiger charge is 2.06. The maximum atomic E-state index is 10.5. The zero-order chi connectivity index (χ0) is 9.56. The molecule has 0 aliphatic rings. The van der Waals surface area contributed by atoms with Gasteiger partial charge in [0.1, 0.15) is 0 Å². The second-order valence-corrected chi connectivity index (χ2v) is 4.74. The van der Waals surface area contributed by atoms with Crippen molar-refractivity contribution >= 4 is 15.7 Å². The summed E-state index contributed by atoms with van der Waals surface area (Å²) in [7, 11) is 1.10. The quantitative estimate of drug-likeness (QED) is 0.516. The fraction of sp³-hybridized carbons (Fsp3) is 0.625. The third-order valence-corrected chi connectivity index (χ3v) is 3.30. The Morgan fingerprint density at radius 3 is 2.67 bits per heavy atom. The summed E-state index contributed by atoms with van der Waals surface area (Å²) in [5, 5.41) is 8.60. The van der Waals surface area contributed by atoms with E-state index < -0.39 is 15.7 Å². The summed E-state index contributed by atoms with van der Waals surface area (Å²) in [6.07, 6.45) is 2.77. The molecule has 3 nitrogen and oxygen atoms in total. The van der Waals surface area contributed by atoms with Crippen LogP contribution in [-0.2, 0) is 9.22 Å². The number of carbonyl (C=O) groups is 1. The Morgan fingerprint density at radius 2 is 2.33 bits per heavy atom. The van der Waals surface area contributed by atoms with E-state index in [1.165, 1.54) is 0 Å². The molecule has 0 rings (SSSR count). The zero-order valence-corrected chi connectivity index (χ0v) is 9.25. The molecule has 0 amide bonds. The summed E-state index contributed by atoms with van der Waals surface area (Å²) in [5.74, 6) is -0.835. The highest BCUT2D eigenvalue weighted by atomic mass is 28.2. The summed E-state index contributed by atoms with van der Waals surface area (Å²) in [4.78, 5) is 10.5. The average Bonchev–Trinajstić information content (AvgIpc) is 2.03. The largest absolute Gasteiger partial charge is 0.478 e. The Labute approximate surface area is 75.4 Å². The lowest BCUT2D eigenvalue weighted by atomic mass is 10.2. The van der Waals surface area contributed by atoms with Crippen LogP contribution in [0.3, 0.4) is 0 Å². The van der Waals surface area contributed by atoms with Crippen molar-refractivity contribution in [3.63, 3.8) is 0 Å². The van der Waals surface area contributed by atoms with Crippen molar-refractivity contribution in [3.8, 4) is 0 Å². The van der Waals surface area contributed by atoms with Crippen LogP contribution in [0, 0.1) is 0 Å². The van der Waals surface area contributed by atoms with E-state index in [4.69, 9.17) is 9.53 Å². The van der Waals surface area contributed by atoms with Crippen molar-refractivity contribution in [2.24, 2.45) is 0 Å². The SMILES string of the molecule is CCC(C=C(C)C(=O)O)[SiH2]OC. The van der Waals surface area contributed by atoms with Gasteiger partial charge in [-0.2, -0.15) is 0 Å². The van der Waals surface area contributed by atoms with Crippen LogP contribution in [0.2, 0.25) is 5.54 Å². The van der Waals surface area contributed by atoms with Gasteiger partial charge in [0.25, 0.3) is 0 Å². The van der Waals surface area contributed by atoms with Crippen LogP contribution in [0.5, 0.6) is 0 Å². The fourth-order valence-electron chi connectivity index (χ4n) is 0.923. The Morgan fingerprint density at radius 1 is 1.75 bits per heavy atom. The molecule has 70 valence electrons. The molecular formula is C8H16O3Si. The van der Waals surface area contributed by atoms with Crippen LogP contribution in [-0.4, -0.2) is 27.9 Å². The number of hydrogen-bond donors (Lipinski definition) is 1. The van der Waals surface area contributed by atoms with E-state index in [2.05, 4.69) is 0 Å². The summed E-state index contributed by atoms with van der Waals surface area (Å²) in [6, 6.07) is 0. The summed E-state index contributed by atoms with van der Waals surface area (Å²) >= 11 is 0. The molecule has 12 heavy (non-hydrogen) atoms. The molecule has 0 aliphatic heterocycles. The number of rotatable bonds is 5. The minimum Gasteiger partial charge on any atom is -0.478 e. The van der Waals surface area contributed by atoms with Crippen molar-refractivity contribution in [1.29, 1.82) is 0 Å². The van der Waals surface area contributed by atoms with Gasteiger partial charge in [-0.3, -0.25) is 0 Å². The van der Waals surface area contributed by atoms with Crippen LogP contribution in [0.25, 0.3) is 0 Å². The normalized spacial score (nSPS) is 15.4. The van der Waals surface area contributed by atoms with Crippen molar-refractivity contribution in [2.45, 2.75) is 25.8 Å². The molecule has 0 aliphatic carbocycles. The van der Waals surface area contributed by atoms with Gasteiger partial charge in [-0.1, -0.05) is 19.4 Å². The maximum absolute atomic E-state index is 10.5. The molecule has 0 saturated carbocycles. The van der Waals surface area contributed by atoms with Crippen molar-refractivity contribution in [3.05, 3.63) is 11.6 Å². The van der Waals surface area contributed by atoms with Gasteiger partial charge in [0, 0.05) is 12.7 Å². The molecule has 0 aromatic rings. The van der Waals surface area contributed by atoms with E-state index in [0.717, 1.165) is 6.42 Å². The molecule has 0 aromatic heterocycles. The first-order chi connectivity index (χ1) is 5.61. The second kappa shape index (κ2) is 5.96. The number of aliphatic carboxylic acids is 1. The molecule has 0 bridgehead atoms. The summed E-state index contributed by atoms with van der Waals surface area (Å²) < 4.78 is 5.08. The topological polar surface area (TPSA) is 46.5 Å². The van der Waals surface area contributed by atoms with E-state index >= 15 is 0 Å². The number of carboxylic acid groups (broad SMARTS) is 1. The van der Waals surface area contributed by atoms with Crippen molar-refractivity contribution in [2.75, 3.05) is 7.11 Å². The lowest BCUT2D eigenvalue weighted by Crippen LogP contribution is -2.05. The smallest absolute Gasteiger partial charge is 0.330 e. The standard InChI is InChI=1S/C8H16O3Si/c1-4-7(12-11-3)5-6(2)8(9)10/h5,7H,4,12H2,1-3H3,(H,9,10). The molecular weight excluding hydrogens is 172 g/mol. The third-order valence-electron chi connectivity index (χ3n) is 1.73. The van der Waals surface area contributed by atoms with Crippen LogP contribution >= 0.6 is 0 Å². The molecule has 0 radical (unpaired) electrons. The summed E-state index contributed by atoms with van der Waals surface area (Å²) in [5.41, 5.74) is 0.775. The van der Waals surface area contributed by atoms with Gasteiger partial charge in [0.05, 0.1) is 0 Å². The van der Waals surface area contributed by atoms with Crippen LogP contribution in [0.1, 0.15) is 20.3 Å². The molecule has 1 N–H and O–H groups in total. The fourth-order valence-corrected chi connectivity index (χ4v) is 2.04. The van der Waals surface area contributed by atoms with Gasteiger partial charge in [0.15, 0.2) is 9.76 Å². The van der Waals surface area contributed by atoms with Crippen LogP contribution in [0.4, 0.5) is 0 Å². The molecule has 0 spiro atoms. The van der Waals surface area contributed by atoms with E-state index in [0.29, 0.717) is 11.1 Å². The maximum Gasteiger partial charge on any atom is 0.330 e. The first-order valence-electron chi connectivity index (χ1n) is 4.02. The predicted molar refractivity (Wildman–Crippen MR) is 51.0 cm³/mol. The Hall–Kier alpha value is -0.613. The number of carboxylic acids is 1. The van der Waals surface area contributed by atoms with Crippen LogP contribution < -0.4 is 0 Å². The lowest BCUT2D eigenvalue weighted by molar-refractivity contribution is -0.132. The van der Waals surface area contributed by atoms with Crippen molar-refractivity contribution < 1.29 is 14.3 Å². The average molecular weight is 188 g/mol. The van der Waals surface area contributed by atoms with Gasteiger partial charge in [0.2, 0.25) is 0 Å². The Kier molecular flexibility index (Phi) is 5.66. The lowest BCUT2D eigenvalue weighted by Gasteiger charge is -2.07. The zero-order valence-electron chi connectivity index (χ0n) is 7.83. The third kappa shape index (κ3) is 4.30. The molecule has 4 heteroatoms. The van der Waals surface area contributed by atoms with Gasteiger partial charge < -0.3 is 9.53 Å². The Bertz CT molecular complexity index is 177. The van der Waals surface area contributed by atoms with Gasteiger partial charge >= 0.3 is 5.97 Å². The Balaban J connectivity index is 4.14. The van der Waals surface area contributed by atoms with Crippen LogP contribution in [0.15, 0.2) is 11.6 Å². The second-order valence-electron chi connectivity index (χ2n) is 2.78. The number of hydrogen-bond acceptors (Lipinski definition) is 2. The van der Waals surface area contributed by atoms with Gasteiger partial charge in [-0.25, -0.2) is 4.79 Å². The highest BCUT2D eigenvalue weighted by Crippen LogP contribution is 2.13. The summed E-state index contributed by atoms with van der Waals surface area (Å²) in [6.45, 7) is 3.66. The molecule has 1 atom stereocenters.